The van der Waals surface area contributed by atoms with Gasteiger partial charge in [0.2, 0.25) is 11.7 Å². The predicted octanol–water partition coefficient (Wildman–Crippen LogP) is -2.89. The number of carbonyl (C=O) groups is 5. The van der Waals surface area contributed by atoms with Crippen molar-refractivity contribution in [2.75, 3.05) is 6.61 Å². The Morgan fingerprint density at radius 2 is 1.48 bits per heavy atom. The standard InChI is InChI=1S/C15H23NO11/c1-6(17)16-12(9(20)4-10(21)15(24)25)14(23)13(22)11(27-8(3)19)5-26-7(2)18/h9,11-14,20,22-23H,4-5H2,1-3H3,(H,16,17)(H,24,25)/t9-,11+,12+,13+,14+/m0/s1. The van der Waals surface area contributed by atoms with E-state index in [1.54, 1.807) is 0 Å². The Morgan fingerprint density at radius 1 is 0.926 bits per heavy atom. The van der Waals surface area contributed by atoms with Crippen molar-refractivity contribution in [2.45, 2.75) is 57.6 Å². The molecule has 0 heterocycles. The van der Waals surface area contributed by atoms with E-state index >= 15 is 0 Å². The summed E-state index contributed by atoms with van der Waals surface area (Å²) < 4.78 is 9.38. The van der Waals surface area contributed by atoms with Gasteiger partial charge in [0.15, 0.2) is 6.10 Å². The van der Waals surface area contributed by atoms with Crippen LogP contribution in [-0.2, 0) is 33.4 Å². The smallest absolute Gasteiger partial charge is 0.372 e. The van der Waals surface area contributed by atoms with Crippen LogP contribution in [0.3, 0.4) is 0 Å². The van der Waals surface area contributed by atoms with Crippen LogP contribution in [0.15, 0.2) is 0 Å². The van der Waals surface area contributed by atoms with E-state index in [1.807, 2.05) is 0 Å². The summed E-state index contributed by atoms with van der Waals surface area (Å²) >= 11 is 0. The third kappa shape index (κ3) is 9.08. The Kier molecular flexibility index (Phi) is 10.1. The van der Waals surface area contributed by atoms with Gasteiger partial charge in [-0.1, -0.05) is 0 Å². The summed E-state index contributed by atoms with van der Waals surface area (Å²) in [7, 11) is 0. The molecule has 0 aliphatic heterocycles. The van der Waals surface area contributed by atoms with E-state index in [1.165, 1.54) is 0 Å². The minimum absolute atomic E-state index is 0.635. The summed E-state index contributed by atoms with van der Waals surface area (Å²) in [5, 5.41) is 41.2. The Labute approximate surface area is 154 Å². The van der Waals surface area contributed by atoms with Crippen molar-refractivity contribution in [3.8, 4) is 0 Å². The Hall–Kier alpha value is -2.57. The zero-order chi connectivity index (χ0) is 21.3. The van der Waals surface area contributed by atoms with Gasteiger partial charge in [0, 0.05) is 27.2 Å². The summed E-state index contributed by atoms with van der Waals surface area (Å²) in [5.74, 6) is -5.64. The number of hydrogen-bond donors (Lipinski definition) is 5. The number of Topliss-reactive ketones (excluding diaryl/α,β-unsaturated/α-hetero) is 1. The number of carboxylic acids is 1. The van der Waals surface area contributed by atoms with Crippen LogP contribution in [0.2, 0.25) is 0 Å². The molecule has 12 nitrogen and oxygen atoms in total. The lowest BCUT2D eigenvalue weighted by atomic mass is 9.94. The molecule has 5 atom stereocenters. The number of nitrogens with one attached hydrogen (secondary N) is 1. The molecular weight excluding hydrogens is 370 g/mol. The molecule has 27 heavy (non-hydrogen) atoms. The van der Waals surface area contributed by atoms with Gasteiger partial charge in [-0.25, -0.2) is 4.79 Å². The molecule has 154 valence electrons. The van der Waals surface area contributed by atoms with Crippen LogP contribution >= 0.6 is 0 Å². The number of aliphatic carboxylic acids is 1. The zero-order valence-electron chi connectivity index (χ0n) is 14.9. The van der Waals surface area contributed by atoms with E-state index in [-0.39, 0.29) is 0 Å². The summed E-state index contributed by atoms with van der Waals surface area (Å²) in [6.07, 6.45) is -8.37. The summed E-state index contributed by atoms with van der Waals surface area (Å²) in [4.78, 5) is 55.2. The first kappa shape index (κ1) is 24.4. The predicted molar refractivity (Wildman–Crippen MR) is 85.1 cm³/mol. The number of aliphatic hydroxyl groups is 3. The monoisotopic (exact) mass is 393 g/mol. The van der Waals surface area contributed by atoms with Crippen LogP contribution in [0.4, 0.5) is 0 Å². The Balaban J connectivity index is 5.43. The number of amides is 1. The highest BCUT2D eigenvalue weighted by Gasteiger charge is 2.39. The van der Waals surface area contributed by atoms with Crippen molar-refractivity contribution in [3.05, 3.63) is 0 Å². The molecule has 0 unspecified atom stereocenters. The van der Waals surface area contributed by atoms with E-state index in [9.17, 15) is 39.3 Å². The minimum Gasteiger partial charge on any atom is -0.475 e. The fraction of sp³-hybridized carbons (Fsp3) is 0.667. The van der Waals surface area contributed by atoms with Gasteiger partial charge in [0.25, 0.3) is 0 Å². The van der Waals surface area contributed by atoms with Gasteiger partial charge in [0.1, 0.15) is 18.8 Å². The first-order valence-electron chi connectivity index (χ1n) is 7.74. The molecule has 0 rings (SSSR count). The molecule has 0 saturated carbocycles. The van der Waals surface area contributed by atoms with Gasteiger partial charge in [0.05, 0.1) is 12.1 Å². The highest BCUT2D eigenvalue weighted by atomic mass is 16.6. The first-order chi connectivity index (χ1) is 12.4. The number of esters is 2. The quantitative estimate of drug-likeness (QED) is 0.178. The second-order valence-electron chi connectivity index (χ2n) is 5.66. The second kappa shape index (κ2) is 11.2. The molecular formula is C15H23NO11. The molecule has 0 aromatic heterocycles. The average molecular weight is 393 g/mol. The maximum atomic E-state index is 11.3. The highest BCUT2D eigenvalue weighted by molar-refractivity contribution is 6.32. The number of carboxylic acid groups (broad SMARTS) is 1. The Bertz CT molecular complexity index is 576. The van der Waals surface area contributed by atoms with Crippen molar-refractivity contribution >= 4 is 29.6 Å². The second-order valence-corrected chi connectivity index (χ2v) is 5.66. The fourth-order valence-corrected chi connectivity index (χ4v) is 2.10. The number of rotatable bonds is 11. The molecule has 0 aliphatic rings. The van der Waals surface area contributed by atoms with Crippen LogP contribution in [0.1, 0.15) is 27.2 Å². The molecule has 12 heteroatoms. The third-order valence-electron chi connectivity index (χ3n) is 3.28. The largest absolute Gasteiger partial charge is 0.475 e. The zero-order valence-corrected chi connectivity index (χ0v) is 14.9. The highest BCUT2D eigenvalue weighted by Crippen LogP contribution is 2.14. The van der Waals surface area contributed by atoms with Gasteiger partial charge < -0.3 is 35.2 Å². The third-order valence-corrected chi connectivity index (χ3v) is 3.28. The lowest BCUT2D eigenvalue weighted by Gasteiger charge is -2.33. The van der Waals surface area contributed by atoms with Gasteiger partial charge in [-0.15, -0.1) is 0 Å². The van der Waals surface area contributed by atoms with Crippen molar-refractivity contribution in [3.63, 3.8) is 0 Å². The molecule has 1 amide bonds. The van der Waals surface area contributed by atoms with E-state index < -0.39 is 73.1 Å². The molecule has 0 aromatic rings. The van der Waals surface area contributed by atoms with E-state index in [4.69, 9.17) is 9.84 Å². The van der Waals surface area contributed by atoms with Crippen molar-refractivity contribution in [2.24, 2.45) is 0 Å². The Morgan fingerprint density at radius 3 is 1.89 bits per heavy atom. The SMILES string of the molecule is CC(=O)N[C@@H]([C@@H](O)[C@H](O)[C@@H](COC(C)=O)OC(C)=O)[C@@H](O)CC(=O)C(=O)O. The summed E-state index contributed by atoms with van der Waals surface area (Å²) in [5.41, 5.74) is 0. The van der Waals surface area contributed by atoms with Crippen LogP contribution in [0.5, 0.6) is 0 Å². The van der Waals surface area contributed by atoms with Crippen LogP contribution < -0.4 is 5.32 Å². The van der Waals surface area contributed by atoms with Crippen molar-refractivity contribution in [1.29, 1.82) is 0 Å². The number of carbonyl (C=O) groups excluding carboxylic acids is 4. The van der Waals surface area contributed by atoms with Gasteiger partial charge in [-0.3, -0.25) is 19.2 Å². The maximum absolute atomic E-state index is 11.3. The average Bonchev–Trinajstić information content (AvgIpc) is 2.54. The minimum atomic E-state index is -2.01. The molecule has 0 fully saturated rings. The number of aliphatic hydroxyl groups excluding tert-OH is 3. The summed E-state index contributed by atoms with van der Waals surface area (Å²) in [6, 6.07) is -1.68. The maximum Gasteiger partial charge on any atom is 0.372 e. The normalized spacial score (nSPS) is 16.2. The fourth-order valence-electron chi connectivity index (χ4n) is 2.10. The molecule has 5 N–H and O–H groups in total. The number of ketones is 1. The van der Waals surface area contributed by atoms with Crippen molar-refractivity contribution < 1.29 is 53.9 Å². The van der Waals surface area contributed by atoms with E-state index in [0.29, 0.717) is 0 Å². The summed E-state index contributed by atoms with van der Waals surface area (Å²) in [6.45, 7) is 2.42. The lowest BCUT2D eigenvalue weighted by Crippen LogP contribution is -2.58. The molecule has 0 saturated heterocycles. The van der Waals surface area contributed by atoms with Crippen LogP contribution in [0.25, 0.3) is 0 Å². The van der Waals surface area contributed by atoms with E-state index in [2.05, 4.69) is 10.1 Å². The van der Waals surface area contributed by atoms with Gasteiger partial charge >= 0.3 is 17.9 Å². The first-order valence-corrected chi connectivity index (χ1v) is 7.74. The molecule has 0 aromatic carbocycles. The lowest BCUT2D eigenvalue weighted by molar-refractivity contribution is -0.172. The van der Waals surface area contributed by atoms with Gasteiger partial charge in [-0.2, -0.15) is 0 Å². The topological polar surface area (TPSA) is 197 Å². The molecule has 0 bridgehead atoms. The molecule has 0 spiro atoms. The van der Waals surface area contributed by atoms with Crippen LogP contribution in [0, 0.1) is 0 Å². The van der Waals surface area contributed by atoms with E-state index in [0.717, 1.165) is 20.8 Å². The van der Waals surface area contributed by atoms with Gasteiger partial charge in [-0.05, 0) is 0 Å². The number of ether oxygens (including phenoxy) is 2. The van der Waals surface area contributed by atoms with Crippen LogP contribution in [-0.4, -0.2) is 87.1 Å². The number of hydrogen-bond acceptors (Lipinski definition) is 10. The molecule has 0 aliphatic carbocycles. The van der Waals surface area contributed by atoms with Crippen molar-refractivity contribution in [1.82, 2.24) is 5.32 Å². The molecule has 0 radical (unpaired) electrons.